The summed E-state index contributed by atoms with van der Waals surface area (Å²) in [6.45, 7) is 3.83. The Kier molecular flexibility index (Phi) is 5.25. The van der Waals surface area contributed by atoms with Gasteiger partial charge in [-0.3, -0.25) is 0 Å². The van der Waals surface area contributed by atoms with Crippen molar-refractivity contribution in [2.45, 2.75) is 25.5 Å². The standard InChI is InChI=1S/C12H18N2O2S2/c1-9-5-3-4-6-11(9)7-8-14-18(15,16)10(2)12(13)17/h3-6,10,14H,7-8H2,1-2H3,(H2,13,17). The Morgan fingerprint density at radius 1 is 1.44 bits per heavy atom. The Balaban J connectivity index is 2.57. The lowest BCUT2D eigenvalue weighted by Crippen LogP contribution is -2.40. The molecule has 0 spiro atoms. The summed E-state index contributed by atoms with van der Waals surface area (Å²) in [5, 5.41) is -0.843. The van der Waals surface area contributed by atoms with Crippen LogP contribution in [0.4, 0.5) is 0 Å². The van der Waals surface area contributed by atoms with E-state index >= 15 is 0 Å². The number of thiocarbonyl (C=S) groups is 1. The van der Waals surface area contributed by atoms with Crippen LogP contribution >= 0.6 is 12.2 Å². The highest BCUT2D eigenvalue weighted by molar-refractivity contribution is 7.93. The Morgan fingerprint density at radius 2 is 2.06 bits per heavy atom. The lowest BCUT2D eigenvalue weighted by Gasteiger charge is -2.13. The summed E-state index contributed by atoms with van der Waals surface area (Å²) >= 11 is 4.69. The molecule has 0 saturated heterocycles. The van der Waals surface area contributed by atoms with E-state index < -0.39 is 15.3 Å². The van der Waals surface area contributed by atoms with Crippen LogP contribution in [0.5, 0.6) is 0 Å². The molecule has 1 atom stereocenters. The number of nitrogens with one attached hydrogen (secondary N) is 1. The number of nitrogens with two attached hydrogens (primary N) is 1. The fourth-order valence-corrected chi connectivity index (χ4v) is 2.82. The molecule has 1 unspecified atom stereocenters. The largest absolute Gasteiger partial charge is 0.392 e. The summed E-state index contributed by atoms with van der Waals surface area (Å²) in [5.74, 6) is 0. The minimum absolute atomic E-state index is 0.0154. The quantitative estimate of drug-likeness (QED) is 0.769. The monoisotopic (exact) mass is 286 g/mol. The second kappa shape index (κ2) is 6.26. The molecule has 6 heteroatoms. The van der Waals surface area contributed by atoms with Gasteiger partial charge in [0.2, 0.25) is 10.0 Å². The lowest BCUT2D eigenvalue weighted by molar-refractivity contribution is 0.578. The summed E-state index contributed by atoms with van der Waals surface area (Å²) in [6, 6.07) is 7.88. The van der Waals surface area contributed by atoms with E-state index in [1.165, 1.54) is 6.92 Å². The first-order valence-electron chi connectivity index (χ1n) is 5.67. The van der Waals surface area contributed by atoms with Crippen molar-refractivity contribution >= 4 is 27.2 Å². The van der Waals surface area contributed by atoms with Gasteiger partial charge in [0.05, 0.1) is 4.99 Å². The maximum atomic E-state index is 11.8. The van der Waals surface area contributed by atoms with Crippen LogP contribution in [-0.4, -0.2) is 25.2 Å². The van der Waals surface area contributed by atoms with Gasteiger partial charge >= 0.3 is 0 Å². The molecule has 3 N–H and O–H groups in total. The van der Waals surface area contributed by atoms with Crippen molar-refractivity contribution in [3.05, 3.63) is 35.4 Å². The minimum Gasteiger partial charge on any atom is -0.392 e. The minimum atomic E-state index is -3.46. The van der Waals surface area contributed by atoms with Crippen LogP contribution in [-0.2, 0) is 16.4 Å². The van der Waals surface area contributed by atoms with Crippen molar-refractivity contribution in [1.29, 1.82) is 0 Å². The number of rotatable bonds is 6. The van der Waals surface area contributed by atoms with Gasteiger partial charge in [-0.25, -0.2) is 13.1 Å². The highest BCUT2D eigenvalue weighted by atomic mass is 32.2. The van der Waals surface area contributed by atoms with Crippen molar-refractivity contribution in [1.82, 2.24) is 4.72 Å². The first kappa shape index (κ1) is 15.1. The summed E-state index contributed by atoms with van der Waals surface area (Å²) in [7, 11) is -3.46. The molecule has 0 radical (unpaired) electrons. The summed E-state index contributed by atoms with van der Waals surface area (Å²) < 4.78 is 26.1. The van der Waals surface area contributed by atoms with E-state index in [1.54, 1.807) is 0 Å². The number of hydrogen-bond donors (Lipinski definition) is 2. The first-order chi connectivity index (χ1) is 8.34. The Hall–Kier alpha value is -0.980. The number of sulfonamides is 1. The highest BCUT2D eigenvalue weighted by Gasteiger charge is 2.22. The van der Waals surface area contributed by atoms with Gasteiger partial charge in [0, 0.05) is 6.54 Å². The molecule has 1 aromatic carbocycles. The zero-order valence-electron chi connectivity index (χ0n) is 10.5. The molecule has 0 aliphatic heterocycles. The van der Waals surface area contributed by atoms with Gasteiger partial charge in [-0.15, -0.1) is 0 Å². The second-order valence-corrected chi connectivity index (χ2v) is 6.72. The SMILES string of the molecule is Cc1ccccc1CCNS(=O)(=O)C(C)C(N)=S. The van der Waals surface area contributed by atoms with Crippen LogP contribution in [0, 0.1) is 6.92 Å². The molecule has 0 aromatic heterocycles. The van der Waals surface area contributed by atoms with Crippen LogP contribution in [0.2, 0.25) is 0 Å². The van der Waals surface area contributed by atoms with Gasteiger partial charge in [0.15, 0.2) is 0 Å². The number of benzene rings is 1. The molecule has 0 fully saturated rings. The predicted octanol–water partition coefficient (Wildman–Crippen LogP) is 1.13. The third kappa shape index (κ3) is 4.04. The average molecular weight is 286 g/mol. The van der Waals surface area contributed by atoms with Gasteiger partial charge < -0.3 is 5.73 Å². The number of hydrogen-bond acceptors (Lipinski definition) is 3. The summed E-state index contributed by atoms with van der Waals surface area (Å²) in [4.78, 5) is -0.0154. The van der Waals surface area contributed by atoms with Crippen molar-refractivity contribution in [2.75, 3.05) is 6.54 Å². The summed E-state index contributed by atoms with van der Waals surface area (Å²) in [5.41, 5.74) is 7.62. The summed E-state index contributed by atoms with van der Waals surface area (Å²) in [6.07, 6.45) is 0.649. The van der Waals surface area contributed by atoms with E-state index in [4.69, 9.17) is 5.73 Å². The lowest BCUT2D eigenvalue weighted by atomic mass is 10.1. The maximum Gasteiger partial charge on any atom is 0.220 e. The van der Waals surface area contributed by atoms with Crippen LogP contribution < -0.4 is 10.5 Å². The Morgan fingerprint density at radius 3 is 2.61 bits per heavy atom. The van der Waals surface area contributed by atoms with Gasteiger partial charge in [-0.2, -0.15) is 0 Å². The van der Waals surface area contributed by atoms with Crippen molar-refractivity contribution in [2.24, 2.45) is 5.73 Å². The molecule has 0 aliphatic carbocycles. The zero-order chi connectivity index (χ0) is 13.8. The first-order valence-corrected chi connectivity index (χ1v) is 7.62. The molecule has 4 nitrogen and oxygen atoms in total. The predicted molar refractivity (Wildman–Crippen MR) is 78.1 cm³/mol. The number of aryl methyl sites for hydroxylation is 1. The normalized spacial score (nSPS) is 13.2. The third-order valence-electron chi connectivity index (χ3n) is 2.82. The second-order valence-electron chi connectivity index (χ2n) is 4.16. The molecule has 0 amide bonds. The Bertz CT molecular complexity index is 527. The fourth-order valence-electron chi connectivity index (χ4n) is 1.50. The third-order valence-corrected chi connectivity index (χ3v) is 5.12. The average Bonchev–Trinajstić information content (AvgIpc) is 2.30. The van der Waals surface area contributed by atoms with E-state index in [2.05, 4.69) is 16.9 Å². The van der Waals surface area contributed by atoms with Crippen LogP contribution in [0.1, 0.15) is 18.1 Å². The smallest absolute Gasteiger partial charge is 0.220 e. The molecule has 0 saturated carbocycles. The van der Waals surface area contributed by atoms with E-state index in [9.17, 15) is 8.42 Å². The Labute approximate surface area is 114 Å². The van der Waals surface area contributed by atoms with Crippen molar-refractivity contribution in [3.63, 3.8) is 0 Å². The molecule has 1 rings (SSSR count). The molecule has 1 aromatic rings. The molecule has 0 aliphatic rings. The van der Waals surface area contributed by atoms with E-state index in [0.717, 1.165) is 11.1 Å². The molecular weight excluding hydrogens is 268 g/mol. The van der Waals surface area contributed by atoms with E-state index in [-0.39, 0.29) is 4.99 Å². The van der Waals surface area contributed by atoms with E-state index in [1.807, 2.05) is 31.2 Å². The topological polar surface area (TPSA) is 72.2 Å². The molecule has 0 bridgehead atoms. The van der Waals surface area contributed by atoms with Gasteiger partial charge in [-0.05, 0) is 31.4 Å². The van der Waals surface area contributed by atoms with Gasteiger partial charge in [-0.1, -0.05) is 36.5 Å². The van der Waals surface area contributed by atoms with E-state index in [0.29, 0.717) is 13.0 Å². The van der Waals surface area contributed by atoms with Crippen molar-refractivity contribution < 1.29 is 8.42 Å². The maximum absolute atomic E-state index is 11.8. The highest BCUT2D eigenvalue weighted by Crippen LogP contribution is 2.07. The fraction of sp³-hybridized carbons (Fsp3) is 0.417. The van der Waals surface area contributed by atoms with Gasteiger partial charge in [0.1, 0.15) is 5.25 Å². The zero-order valence-corrected chi connectivity index (χ0v) is 12.1. The van der Waals surface area contributed by atoms with Gasteiger partial charge in [0.25, 0.3) is 0 Å². The molecule has 0 heterocycles. The van der Waals surface area contributed by atoms with Crippen LogP contribution in [0.15, 0.2) is 24.3 Å². The van der Waals surface area contributed by atoms with Crippen LogP contribution in [0.3, 0.4) is 0 Å². The van der Waals surface area contributed by atoms with Crippen LogP contribution in [0.25, 0.3) is 0 Å². The molecular formula is C12H18N2O2S2. The van der Waals surface area contributed by atoms with Crippen molar-refractivity contribution in [3.8, 4) is 0 Å². The molecule has 100 valence electrons. The molecule has 18 heavy (non-hydrogen) atoms.